The highest BCUT2D eigenvalue weighted by molar-refractivity contribution is 7.07. The van der Waals surface area contributed by atoms with Crippen molar-refractivity contribution in [2.24, 2.45) is 17.1 Å². The number of thiophene rings is 1. The van der Waals surface area contributed by atoms with Gasteiger partial charge in [0.1, 0.15) is 0 Å². The van der Waals surface area contributed by atoms with Crippen molar-refractivity contribution < 1.29 is 0 Å². The van der Waals surface area contributed by atoms with Gasteiger partial charge in [0, 0.05) is 19.1 Å². The normalized spacial score (nSPS) is 27.6. The predicted octanol–water partition coefficient (Wildman–Crippen LogP) is 3.33. The molecule has 0 saturated heterocycles. The summed E-state index contributed by atoms with van der Waals surface area (Å²) in [5, 5.41) is 4.39. The highest BCUT2D eigenvalue weighted by Crippen LogP contribution is 2.38. The Balaban J connectivity index is 1.87. The molecule has 2 unspecified atom stereocenters. The lowest BCUT2D eigenvalue weighted by Gasteiger charge is -2.40. The molecule has 102 valence electrons. The Morgan fingerprint density at radius 3 is 2.94 bits per heavy atom. The highest BCUT2D eigenvalue weighted by atomic mass is 32.1. The molecule has 0 radical (unpaired) electrons. The minimum atomic E-state index is 0.392. The Bertz CT molecular complexity index is 359. The van der Waals surface area contributed by atoms with Crippen LogP contribution in [0.3, 0.4) is 0 Å². The molecule has 2 nitrogen and oxygen atoms in total. The molecular weight excluding hydrogens is 240 g/mol. The molecule has 3 heteroatoms. The summed E-state index contributed by atoms with van der Waals surface area (Å²) in [6.07, 6.45) is 3.73. The summed E-state index contributed by atoms with van der Waals surface area (Å²) in [7, 11) is 2.21. The van der Waals surface area contributed by atoms with Crippen LogP contribution in [0.2, 0.25) is 0 Å². The summed E-state index contributed by atoms with van der Waals surface area (Å²) in [4.78, 5) is 2.42. The van der Waals surface area contributed by atoms with Gasteiger partial charge in [0.25, 0.3) is 0 Å². The summed E-state index contributed by atoms with van der Waals surface area (Å²) >= 11 is 1.78. The van der Waals surface area contributed by atoms with Gasteiger partial charge < -0.3 is 10.6 Å². The van der Waals surface area contributed by atoms with E-state index in [0.29, 0.717) is 17.4 Å². The molecule has 0 bridgehead atoms. The summed E-state index contributed by atoms with van der Waals surface area (Å²) < 4.78 is 0. The van der Waals surface area contributed by atoms with Gasteiger partial charge in [-0.25, -0.2) is 0 Å². The van der Waals surface area contributed by atoms with Crippen molar-refractivity contribution in [2.45, 2.75) is 45.7 Å². The quantitative estimate of drug-likeness (QED) is 0.905. The van der Waals surface area contributed by atoms with E-state index in [1.807, 2.05) is 0 Å². The molecule has 0 aromatic carbocycles. The zero-order valence-corrected chi connectivity index (χ0v) is 12.7. The molecule has 0 aliphatic heterocycles. The molecular formula is C15H26N2S. The molecule has 1 aliphatic rings. The minimum Gasteiger partial charge on any atom is -0.327 e. The Kier molecular flexibility index (Phi) is 4.46. The average Bonchev–Trinajstić information content (AvgIpc) is 2.76. The second-order valence-corrected chi connectivity index (χ2v) is 7.44. The van der Waals surface area contributed by atoms with Crippen molar-refractivity contribution in [3.05, 3.63) is 22.4 Å². The lowest BCUT2D eigenvalue weighted by Crippen LogP contribution is -2.44. The van der Waals surface area contributed by atoms with Gasteiger partial charge in [-0.1, -0.05) is 13.8 Å². The smallest absolute Gasteiger partial charge is 0.0239 e. The monoisotopic (exact) mass is 266 g/mol. The fraction of sp³-hybridized carbons (Fsp3) is 0.733. The first-order valence-electron chi connectivity index (χ1n) is 6.91. The standard InChI is InChI=1S/C15H26N2S/c1-15(2)6-4-14(16)13(8-15)10-17(3)9-12-5-7-18-11-12/h5,7,11,13-14H,4,6,8-10,16H2,1-3H3. The van der Waals surface area contributed by atoms with E-state index in [9.17, 15) is 0 Å². The first-order valence-corrected chi connectivity index (χ1v) is 7.86. The number of hydrogen-bond acceptors (Lipinski definition) is 3. The molecule has 2 N–H and O–H groups in total. The maximum Gasteiger partial charge on any atom is 0.0239 e. The second-order valence-electron chi connectivity index (χ2n) is 6.66. The van der Waals surface area contributed by atoms with E-state index in [-0.39, 0.29) is 0 Å². The van der Waals surface area contributed by atoms with E-state index in [4.69, 9.17) is 5.73 Å². The van der Waals surface area contributed by atoms with Gasteiger partial charge in [-0.3, -0.25) is 0 Å². The highest BCUT2D eigenvalue weighted by Gasteiger charge is 2.33. The second kappa shape index (κ2) is 5.72. The fourth-order valence-electron chi connectivity index (χ4n) is 3.12. The van der Waals surface area contributed by atoms with E-state index in [1.165, 1.54) is 24.8 Å². The SMILES string of the molecule is CN(Cc1ccsc1)CC1CC(C)(C)CCC1N. The maximum atomic E-state index is 6.30. The Morgan fingerprint density at radius 2 is 2.28 bits per heavy atom. The molecule has 0 amide bonds. The Labute approximate surface area is 115 Å². The molecule has 1 saturated carbocycles. The van der Waals surface area contributed by atoms with Crippen LogP contribution in [0.1, 0.15) is 38.7 Å². The molecule has 1 aliphatic carbocycles. The predicted molar refractivity (Wildman–Crippen MR) is 79.8 cm³/mol. The molecule has 2 atom stereocenters. The molecule has 2 rings (SSSR count). The molecule has 1 aromatic heterocycles. The number of nitrogens with zero attached hydrogens (tertiary/aromatic N) is 1. The van der Waals surface area contributed by atoms with E-state index in [1.54, 1.807) is 11.3 Å². The summed E-state index contributed by atoms with van der Waals surface area (Å²) in [6, 6.07) is 2.61. The number of rotatable bonds is 4. The Hall–Kier alpha value is -0.380. The van der Waals surface area contributed by atoms with Crippen LogP contribution in [0.15, 0.2) is 16.8 Å². The van der Waals surface area contributed by atoms with Crippen LogP contribution in [-0.2, 0) is 6.54 Å². The summed E-state index contributed by atoms with van der Waals surface area (Å²) in [5.74, 6) is 0.650. The van der Waals surface area contributed by atoms with Crippen molar-refractivity contribution >= 4 is 11.3 Å². The van der Waals surface area contributed by atoms with Gasteiger partial charge in [-0.05, 0) is 60.0 Å². The van der Waals surface area contributed by atoms with E-state index in [2.05, 4.69) is 42.6 Å². The fourth-order valence-corrected chi connectivity index (χ4v) is 3.78. The van der Waals surface area contributed by atoms with Crippen LogP contribution in [0.5, 0.6) is 0 Å². The van der Waals surface area contributed by atoms with E-state index >= 15 is 0 Å². The van der Waals surface area contributed by atoms with Gasteiger partial charge in [-0.2, -0.15) is 11.3 Å². The van der Waals surface area contributed by atoms with Crippen LogP contribution < -0.4 is 5.73 Å². The number of hydrogen-bond donors (Lipinski definition) is 1. The van der Waals surface area contributed by atoms with Crippen LogP contribution in [0, 0.1) is 11.3 Å². The zero-order chi connectivity index (χ0) is 13.2. The molecule has 1 fully saturated rings. The minimum absolute atomic E-state index is 0.392. The van der Waals surface area contributed by atoms with Crippen LogP contribution in [0.4, 0.5) is 0 Å². The zero-order valence-electron chi connectivity index (χ0n) is 11.9. The van der Waals surface area contributed by atoms with Gasteiger partial charge >= 0.3 is 0 Å². The van der Waals surface area contributed by atoms with Crippen molar-refractivity contribution in [3.63, 3.8) is 0 Å². The lowest BCUT2D eigenvalue weighted by atomic mass is 9.70. The summed E-state index contributed by atoms with van der Waals surface area (Å²) in [5.41, 5.74) is 8.20. The average molecular weight is 266 g/mol. The largest absolute Gasteiger partial charge is 0.327 e. The van der Waals surface area contributed by atoms with Crippen molar-refractivity contribution in [2.75, 3.05) is 13.6 Å². The topological polar surface area (TPSA) is 29.3 Å². The third-order valence-electron chi connectivity index (χ3n) is 4.15. The van der Waals surface area contributed by atoms with E-state index in [0.717, 1.165) is 13.1 Å². The van der Waals surface area contributed by atoms with Gasteiger partial charge in [-0.15, -0.1) is 0 Å². The van der Waals surface area contributed by atoms with E-state index < -0.39 is 0 Å². The maximum absolute atomic E-state index is 6.30. The lowest BCUT2D eigenvalue weighted by molar-refractivity contribution is 0.122. The van der Waals surface area contributed by atoms with Gasteiger partial charge in [0.2, 0.25) is 0 Å². The van der Waals surface area contributed by atoms with Crippen LogP contribution >= 0.6 is 11.3 Å². The molecule has 1 heterocycles. The molecule has 0 spiro atoms. The summed E-state index contributed by atoms with van der Waals surface area (Å²) in [6.45, 7) is 6.93. The molecule has 1 aromatic rings. The Morgan fingerprint density at radius 1 is 1.50 bits per heavy atom. The first-order chi connectivity index (χ1) is 8.46. The number of nitrogens with two attached hydrogens (primary N) is 1. The van der Waals surface area contributed by atoms with Crippen molar-refractivity contribution in [3.8, 4) is 0 Å². The van der Waals surface area contributed by atoms with Gasteiger partial charge in [0.15, 0.2) is 0 Å². The first kappa shape index (κ1) is 14.0. The van der Waals surface area contributed by atoms with Gasteiger partial charge in [0.05, 0.1) is 0 Å². The third kappa shape index (κ3) is 3.81. The molecule has 18 heavy (non-hydrogen) atoms. The van der Waals surface area contributed by atoms with Crippen LogP contribution in [0.25, 0.3) is 0 Å². The third-order valence-corrected chi connectivity index (χ3v) is 4.89. The van der Waals surface area contributed by atoms with Crippen molar-refractivity contribution in [1.82, 2.24) is 4.90 Å². The van der Waals surface area contributed by atoms with Crippen LogP contribution in [-0.4, -0.2) is 24.5 Å². The van der Waals surface area contributed by atoms with Crippen molar-refractivity contribution in [1.29, 1.82) is 0 Å².